The Morgan fingerprint density at radius 2 is 2.12 bits per heavy atom. The Bertz CT molecular complexity index is 1140. The van der Waals surface area contributed by atoms with Gasteiger partial charge in [-0.3, -0.25) is 13.6 Å². The summed E-state index contributed by atoms with van der Waals surface area (Å²) < 4.78 is 62.1. The number of anilines is 1. The number of ether oxygens (including phenoxy) is 1. The molecular weight excluding hydrogens is 479 g/mol. The maximum Gasteiger partial charge on any atom is 0.530 e. The number of hydrogen-bond donors (Lipinski definition) is 3. The lowest BCUT2D eigenvalue weighted by Gasteiger charge is -2.32. The zero-order valence-electron chi connectivity index (χ0n) is 16.0. The third kappa shape index (κ3) is 3.90. The van der Waals surface area contributed by atoms with Crippen LogP contribution >= 0.6 is 19.4 Å². The van der Waals surface area contributed by atoms with E-state index in [1.807, 2.05) is 0 Å². The Morgan fingerprint density at radius 1 is 1.41 bits per heavy atom. The molecule has 2 aromatic rings. The normalized spacial score (nSPS) is 32.0. The summed E-state index contributed by atoms with van der Waals surface area (Å²) in [6.07, 6.45) is -8.65. The summed E-state index contributed by atoms with van der Waals surface area (Å²) in [4.78, 5) is 15.5. The van der Waals surface area contributed by atoms with Crippen molar-refractivity contribution in [3.63, 3.8) is 0 Å². The molecule has 1 aromatic carbocycles. The number of nitrogen functional groups attached to an aromatic ring is 1. The van der Waals surface area contributed by atoms with Gasteiger partial charge in [0.2, 0.25) is 0 Å². The fourth-order valence-corrected chi connectivity index (χ4v) is 4.69. The van der Waals surface area contributed by atoms with E-state index >= 15 is 0 Å². The number of aliphatic hydroxyl groups is 2. The van der Waals surface area contributed by atoms with Crippen LogP contribution < -0.4 is 15.9 Å². The van der Waals surface area contributed by atoms with Crippen LogP contribution in [0.4, 0.5) is 14.6 Å². The predicted octanol–water partition coefficient (Wildman–Crippen LogP) is 1.47. The molecule has 32 heavy (non-hydrogen) atoms. The van der Waals surface area contributed by atoms with Crippen molar-refractivity contribution in [2.24, 2.45) is 0 Å². The molecule has 0 spiro atoms. The van der Waals surface area contributed by atoms with Crippen LogP contribution in [-0.2, 0) is 25.0 Å². The van der Waals surface area contributed by atoms with Crippen LogP contribution in [0.25, 0.3) is 0 Å². The molecule has 0 saturated carbocycles. The highest BCUT2D eigenvalue weighted by Gasteiger charge is 2.62. The smallest absolute Gasteiger partial charge is 0.404 e. The van der Waals surface area contributed by atoms with Crippen LogP contribution in [0.1, 0.15) is 11.8 Å². The lowest BCUT2D eigenvalue weighted by Crippen LogP contribution is -2.52. The van der Waals surface area contributed by atoms with E-state index in [4.69, 9.17) is 35.6 Å². The SMILES string of the molecule is Nc1nc(=O)n([C@@H]2O[C@@](COP3(=O)OCc4ccccc4O3)(C(F)F)[C@@H](O)[C@@H]2O)cc1Cl. The molecule has 4 N–H and O–H groups in total. The Hall–Kier alpha value is -2.12. The number of aliphatic hydroxyl groups excluding tert-OH is 2. The van der Waals surface area contributed by atoms with Gasteiger partial charge in [-0.1, -0.05) is 29.8 Å². The maximum atomic E-state index is 14.1. The van der Waals surface area contributed by atoms with E-state index in [0.29, 0.717) is 10.1 Å². The van der Waals surface area contributed by atoms with Crippen molar-refractivity contribution in [1.29, 1.82) is 0 Å². The molecule has 15 heteroatoms. The Kier molecular flexibility index (Phi) is 6.01. The van der Waals surface area contributed by atoms with E-state index < -0.39 is 50.6 Å². The van der Waals surface area contributed by atoms with Gasteiger partial charge in [-0.05, 0) is 6.07 Å². The number of nitrogens with zero attached hydrogens (tertiary/aromatic N) is 2. The second-order valence-electron chi connectivity index (χ2n) is 7.06. The monoisotopic (exact) mass is 495 g/mol. The summed E-state index contributed by atoms with van der Waals surface area (Å²) in [5.41, 5.74) is 2.02. The quantitative estimate of drug-likeness (QED) is 0.519. The third-order valence-corrected chi connectivity index (χ3v) is 6.65. The molecule has 0 radical (unpaired) electrons. The summed E-state index contributed by atoms with van der Waals surface area (Å²) in [5, 5.41) is 20.5. The minimum Gasteiger partial charge on any atom is -0.404 e. The number of fused-ring (bicyclic) bond motifs is 1. The number of phosphoric ester groups is 1. The van der Waals surface area contributed by atoms with E-state index in [2.05, 4.69) is 4.98 Å². The van der Waals surface area contributed by atoms with Gasteiger partial charge in [0.05, 0.1) is 18.2 Å². The van der Waals surface area contributed by atoms with Gasteiger partial charge in [-0.15, -0.1) is 0 Å². The summed E-state index contributed by atoms with van der Waals surface area (Å²) in [7, 11) is -4.37. The second kappa shape index (κ2) is 8.34. The largest absolute Gasteiger partial charge is 0.530 e. The standard InChI is InChI=1S/C17H17ClF2N3O8P/c18-9-5-23(16(26)22-13(9)21)14-11(24)12(25)17(30-14,15(19)20)7-29-32(27)28-6-8-3-1-2-4-10(8)31-32/h1-5,11-12,14-15,24-25H,6-7H2,(H2,21,22,26)/t11-,12-,14+,17+,32?/m0/s1. The molecule has 0 aliphatic carbocycles. The van der Waals surface area contributed by atoms with E-state index in [9.17, 15) is 28.4 Å². The molecule has 1 fully saturated rings. The fraction of sp³-hybridized carbons (Fsp3) is 0.412. The van der Waals surface area contributed by atoms with Crippen LogP contribution in [0, 0.1) is 0 Å². The maximum absolute atomic E-state index is 14.1. The van der Waals surface area contributed by atoms with E-state index in [1.54, 1.807) is 18.2 Å². The van der Waals surface area contributed by atoms with Crippen molar-refractivity contribution in [1.82, 2.24) is 9.55 Å². The van der Waals surface area contributed by atoms with Crippen molar-refractivity contribution < 1.29 is 41.9 Å². The molecule has 11 nitrogen and oxygen atoms in total. The number of hydrogen-bond acceptors (Lipinski definition) is 10. The van der Waals surface area contributed by atoms with Gasteiger partial charge >= 0.3 is 13.5 Å². The van der Waals surface area contributed by atoms with Gasteiger partial charge in [-0.2, -0.15) is 4.98 Å². The van der Waals surface area contributed by atoms with Crippen LogP contribution in [0.5, 0.6) is 5.75 Å². The van der Waals surface area contributed by atoms with E-state index in [1.165, 1.54) is 6.07 Å². The first kappa shape index (κ1) is 23.1. The van der Waals surface area contributed by atoms with Gasteiger partial charge in [0, 0.05) is 11.8 Å². The van der Waals surface area contributed by atoms with Crippen molar-refractivity contribution in [2.45, 2.75) is 37.1 Å². The minimum atomic E-state index is -4.37. The molecule has 5 atom stereocenters. The number of benzene rings is 1. The van der Waals surface area contributed by atoms with Crippen LogP contribution in [0.15, 0.2) is 35.3 Å². The number of para-hydroxylation sites is 1. The van der Waals surface area contributed by atoms with E-state index in [0.717, 1.165) is 6.20 Å². The Labute approximate surface area is 183 Å². The zero-order valence-corrected chi connectivity index (χ0v) is 17.7. The highest BCUT2D eigenvalue weighted by Crippen LogP contribution is 2.56. The first-order chi connectivity index (χ1) is 15.1. The highest BCUT2D eigenvalue weighted by molar-refractivity contribution is 7.49. The summed E-state index contributed by atoms with van der Waals surface area (Å²) in [5.74, 6) is -0.150. The fourth-order valence-electron chi connectivity index (χ4n) is 3.28. The molecule has 1 unspecified atom stereocenters. The molecule has 0 bridgehead atoms. The summed E-state index contributed by atoms with van der Waals surface area (Å²) in [6.45, 7) is -1.38. The predicted molar refractivity (Wildman–Crippen MR) is 104 cm³/mol. The van der Waals surface area contributed by atoms with Gasteiger partial charge in [0.1, 0.15) is 23.8 Å². The third-order valence-electron chi connectivity index (χ3n) is 5.04. The van der Waals surface area contributed by atoms with Gasteiger partial charge in [0.25, 0.3) is 6.43 Å². The van der Waals surface area contributed by atoms with Crippen molar-refractivity contribution >= 4 is 25.2 Å². The average molecular weight is 496 g/mol. The van der Waals surface area contributed by atoms with E-state index in [-0.39, 0.29) is 23.2 Å². The van der Waals surface area contributed by atoms with Crippen molar-refractivity contribution in [2.75, 3.05) is 12.3 Å². The molecule has 2 aliphatic rings. The van der Waals surface area contributed by atoms with Crippen molar-refractivity contribution in [3.8, 4) is 5.75 Å². The molecule has 174 valence electrons. The number of alkyl halides is 2. The molecule has 3 heterocycles. The molecule has 0 amide bonds. The number of aromatic nitrogens is 2. The van der Waals surface area contributed by atoms with Gasteiger partial charge < -0.3 is 25.2 Å². The van der Waals surface area contributed by atoms with Gasteiger partial charge in [-0.25, -0.2) is 18.1 Å². The highest BCUT2D eigenvalue weighted by atomic mass is 35.5. The average Bonchev–Trinajstić information content (AvgIpc) is 3.01. The summed E-state index contributed by atoms with van der Waals surface area (Å²) >= 11 is 5.81. The molecule has 2 aliphatic heterocycles. The number of phosphoric acid groups is 1. The zero-order chi connectivity index (χ0) is 23.3. The first-order valence-corrected chi connectivity index (χ1v) is 10.9. The molecule has 1 saturated heterocycles. The molecule has 4 rings (SSSR count). The first-order valence-electron chi connectivity index (χ1n) is 9.09. The topological polar surface area (TPSA) is 155 Å². The Balaban J connectivity index is 1.59. The Morgan fingerprint density at radius 3 is 2.84 bits per heavy atom. The van der Waals surface area contributed by atoms with Crippen molar-refractivity contribution in [3.05, 3.63) is 51.5 Å². The lowest BCUT2D eigenvalue weighted by atomic mass is 9.96. The molecule has 1 aromatic heterocycles. The van der Waals surface area contributed by atoms with Crippen LogP contribution in [0.3, 0.4) is 0 Å². The number of nitrogens with two attached hydrogens (primary N) is 1. The van der Waals surface area contributed by atoms with Crippen LogP contribution in [0.2, 0.25) is 5.02 Å². The second-order valence-corrected chi connectivity index (χ2v) is 9.06. The minimum absolute atomic E-state index is 0.172. The number of halogens is 3. The number of rotatable bonds is 5. The summed E-state index contributed by atoms with van der Waals surface area (Å²) in [6, 6.07) is 6.43. The van der Waals surface area contributed by atoms with Gasteiger partial charge in [0.15, 0.2) is 11.8 Å². The van der Waals surface area contributed by atoms with Crippen LogP contribution in [-0.4, -0.2) is 50.6 Å². The lowest BCUT2D eigenvalue weighted by molar-refractivity contribution is -0.194. The molecular formula is C17H17ClF2N3O8P.